The standard InChI is InChI=1S/C17H20FN/c1-12-4-6-15(7-5-12)14(3)19-11-16-8-9-17(18)10-13(16)2/h4-10,14,19H,11H2,1-3H3/t14-/m1/s1. The van der Waals surface area contributed by atoms with Gasteiger partial charge in [0.05, 0.1) is 0 Å². The van der Waals surface area contributed by atoms with E-state index in [1.165, 1.54) is 17.2 Å². The molecule has 0 saturated carbocycles. The highest BCUT2D eigenvalue weighted by Gasteiger charge is 2.06. The van der Waals surface area contributed by atoms with E-state index in [4.69, 9.17) is 0 Å². The molecule has 1 atom stereocenters. The van der Waals surface area contributed by atoms with Crippen LogP contribution in [0.4, 0.5) is 4.39 Å². The van der Waals surface area contributed by atoms with Gasteiger partial charge in [-0.2, -0.15) is 0 Å². The minimum atomic E-state index is -0.173. The van der Waals surface area contributed by atoms with Gasteiger partial charge >= 0.3 is 0 Å². The molecule has 0 heterocycles. The Kier molecular flexibility index (Phi) is 4.33. The Morgan fingerprint density at radius 2 is 1.74 bits per heavy atom. The minimum absolute atomic E-state index is 0.173. The first-order valence-corrected chi connectivity index (χ1v) is 6.61. The van der Waals surface area contributed by atoms with Gasteiger partial charge in [-0.05, 0) is 49.6 Å². The Morgan fingerprint density at radius 3 is 2.37 bits per heavy atom. The molecule has 0 aliphatic heterocycles. The van der Waals surface area contributed by atoms with Crippen molar-refractivity contribution in [2.45, 2.75) is 33.4 Å². The zero-order chi connectivity index (χ0) is 13.8. The highest BCUT2D eigenvalue weighted by Crippen LogP contribution is 2.15. The van der Waals surface area contributed by atoms with Crippen molar-refractivity contribution < 1.29 is 4.39 Å². The van der Waals surface area contributed by atoms with Gasteiger partial charge in [0, 0.05) is 12.6 Å². The zero-order valence-corrected chi connectivity index (χ0v) is 11.7. The third-order valence-electron chi connectivity index (χ3n) is 3.48. The normalized spacial score (nSPS) is 12.4. The maximum atomic E-state index is 13.0. The van der Waals surface area contributed by atoms with E-state index < -0.39 is 0 Å². The molecular formula is C17H20FN. The topological polar surface area (TPSA) is 12.0 Å². The van der Waals surface area contributed by atoms with Crippen molar-refractivity contribution in [1.29, 1.82) is 0 Å². The number of rotatable bonds is 4. The first-order chi connectivity index (χ1) is 9.06. The van der Waals surface area contributed by atoms with Gasteiger partial charge in [-0.3, -0.25) is 0 Å². The Labute approximate surface area is 114 Å². The molecule has 0 radical (unpaired) electrons. The van der Waals surface area contributed by atoms with Gasteiger partial charge in [0.25, 0.3) is 0 Å². The number of halogens is 1. The number of aryl methyl sites for hydroxylation is 2. The highest BCUT2D eigenvalue weighted by molar-refractivity contribution is 5.27. The van der Waals surface area contributed by atoms with Crippen molar-refractivity contribution in [3.05, 3.63) is 70.5 Å². The van der Waals surface area contributed by atoms with Crippen molar-refractivity contribution in [3.63, 3.8) is 0 Å². The molecule has 0 aromatic heterocycles. The van der Waals surface area contributed by atoms with Gasteiger partial charge in [-0.25, -0.2) is 4.39 Å². The molecule has 100 valence electrons. The number of benzene rings is 2. The summed E-state index contributed by atoms with van der Waals surface area (Å²) in [5.74, 6) is -0.173. The number of hydrogen-bond donors (Lipinski definition) is 1. The van der Waals surface area contributed by atoms with Crippen molar-refractivity contribution in [1.82, 2.24) is 5.32 Å². The van der Waals surface area contributed by atoms with E-state index in [0.717, 1.165) is 17.7 Å². The molecule has 0 fully saturated rings. The van der Waals surface area contributed by atoms with Crippen LogP contribution < -0.4 is 5.32 Å². The first-order valence-electron chi connectivity index (χ1n) is 6.61. The van der Waals surface area contributed by atoms with Gasteiger partial charge in [0.1, 0.15) is 5.82 Å². The lowest BCUT2D eigenvalue weighted by atomic mass is 10.1. The molecule has 0 unspecified atom stereocenters. The molecule has 1 nitrogen and oxygen atoms in total. The summed E-state index contributed by atoms with van der Waals surface area (Å²) in [5, 5.41) is 3.47. The molecule has 19 heavy (non-hydrogen) atoms. The van der Waals surface area contributed by atoms with E-state index in [1.807, 2.05) is 13.0 Å². The molecule has 0 amide bonds. The van der Waals surface area contributed by atoms with Crippen LogP contribution in [0, 0.1) is 19.7 Å². The summed E-state index contributed by atoms with van der Waals surface area (Å²) >= 11 is 0. The average molecular weight is 257 g/mol. The fourth-order valence-electron chi connectivity index (χ4n) is 2.09. The Morgan fingerprint density at radius 1 is 1.05 bits per heavy atom. The minimum Gasteiger partial charge on any atom is -0.306 e. The van der Waals surface area contributed by atoms with Crippen LogP contribution in [0.2, 0.25) is 0 Å². The van der Waals surface area contributed by atoms with Gasteiger partial charge in [-0.15, -0.1) is 0 Å². The van der Waals surface area contributed by atoms with Crippen molar-refractivity contribution >= 4 is 0 Å². The number of hydrogen-bond acceptors (Lipinski definition) is 1. The SMILES string of the molecule is Cc1ccc([C@@H](C)NCc2ccc(F)cc2C)cc1. The fraction of sp³-hybridized carbons (Fsp3) is 0.294. The van der Waals surface area contributed by atoms with E-state index >= 15 is 0 Å². The summed E-state index contributed by atoms with van der Waals surface area (Å²) in [6.45, 7) is 6.92. The second-order valence-corrected chi connectivity index (χ2v) is 5.08. The molecule has 0 aliphatic carbocycles. The second-order valence-electron chi connectivity index (χ2n) is 5.08. The van der Waals surface area contributed by atoms with Crippen LogP contribution in [-0.2, 0) is 6.54 Å². The summed E-state index contributed by atoms with van der Waals surface area (Å²) in [7, 11) is 0. The summed E-state index contributed by atoms with van der Waals surface area (Å²) < 4.78 is 13.0. The van der Waals surface area contributed by atoms with Crippen LogP contribution in [0.15, 0.2) is 42.5 Å². The molecule has 2 aromatic rings. The smallest absolute Gasteiger partial charge is 0.123 e. The van der Waals surface area contributed by atoms with Crippen LogP contribution in [0.3, 0.4) is 0 Å². The summed E-state index contributed by atoms with van der Waals surface area (Å²) in [4.78, 5) is 0. The Hall–Kier alpha value is -1.67. The maximum absolute atomic E-state index is 13.0. The molecule has 0 spiro atoms. The fourth-order valence-corrected chi connectivity index (χ4v) is 2.09. The van der Waals surface area contributed by atoms with E-state index in [1.54, 1.807) is 6.07 Å². The summed E-state index contributed by atoms with van der Waals surface area (Å²) in [6, 6.07) is 13.8. The van der Waals surface area contributed by atoms with Gasteiger partial charge in [0.15, 0.2) is 0 Å². The van der Waals surface area contributed by atoms with Crippen molar-refractivity contribution in [2.75, 3.05) is 0 Å². The van der Waals surface area contributed by atoms with Crippen LogP contribution in [0.1, 0.15) is 35.2 Å². The van der Waals surface area contributed by atoms with Gasteiger partial charge in [0.2, 0.25) is 0 Å². The van der Waals surface area contributed by atoms with Crippen LogP contribution in [0.25, 0.3) is 0 Å². The van der Waals surface area contributed by atoms with Crippen molar-refractivity contribution in [2.24, 2.45) is 0 Å². The second kappa shape index (κ2) is 5.98. The molecule has 0 saturated heterocycles. The molecule has 2 rings (SSSR count). The molecular weight excluding hydrogens is 237 g/mol. The predicted molar refractivity (Wildman–Crippen MR) is 77.6 cm³/mol. The molecule has 1 N–H and O–H groups in total. The van der Waals surface area contributed by atoms with Gasteiger partial charge < -0.3 is 5.32 Å². The monoisotopic (exact) mass is 257 g/mol. The average Bonchev–Trinajstić information content (AvgIpc) is 2.38. The lowest BCUT2D eigenvalue weighted by molar-refractivity contribution is 0.571. The number of nitrogens with one attached hydrogen (secondary N) is 1. The molecule has 0 aliphatic rings. The summed E-state index contributed by atoms with van der Waals surface area (Å²) in [6.07, 6.45) is 0. The van der Waals surface area contributed by atoms with E-state index in [2.05, 4.69) is 43.4 Å². The lowest BCUT2D eigenvalue weighted by Crippen LogP contribution is -2.18. The highest BCUT2D eigenvalue weighted by atomic mass is 19.1. The maximum Gasteiger partial charge on any atom is 0.123 e. The zero-order valence-electron chi connectivity index (χ0n) is 11.7. The van der Waals surface area contributed by atoms with Crippen LogP contribution in [-0.4, -0.2) is 0 Å². The third-order valence-corrected chi connectivity index (χ3v) is 3.48. The first kappa shape index (κ1) is 13.8. The molecule has 2 heteroatoms. The Balaban J connectivity index is 2.00. The van der Waals surface area contributed by atoms with Gasteiger partial charge in [-0.1, -0.05) is 35.9 Å². The largest absolute Gasteiger partial charge is 0.306 e. The molecule has 0 bridgehead atoms. The predicted octanol–water partition coefficient (Wildman–Crippen LogP) is 4.29. The van der Waals surface area contributed by atoms with E-state index in [0.29, 0.717) is 0 Å². The lowest BCUT2D eigenvalue weighted by Gasteiger charge is -2.15. The Bertz CT molecular complexity index is 546. The third kappa shape index (κ3) is 3.65. The molecule has 2 aromatic carbocycles. The van der Waals surface area contributed by atoms with Crippen LogP contribution in [0.5, 0.6) is 0 Å². The van der Waals surface area contributed by atoms with Crippen LogP contribution >= 0.6 is 0 Å². The van der Waals surface area contributed by atoms with E-state index in [9.17, 15) is 4.39 Å². The summed E-state index contributed by atoms with van der Waals surface area (Å²) in [5.41, 5.74) is 4.67. The van der Waals surface area contributed by atoms with E-state index in [-0.39, 0.29) is 11.9 Å². The van der Waals surface area contributed by atoms with Crippen molar-refractivity contribution in [3.8, 4) is 0 Å². The quantitative estimate of drug-likeness (QED) is 0.861.